The van der Waals surface area contributed by atoms with Gasteiger partial charge in [-0.15, -0.1) is 0 Å². The molecule has 0 N–H and O–H groups in total. The number of para-hydroxylation sites is 1. The molecule has 5 heteroatoms. The SMILES string of the molecule is O=C1C2Cc3c(ccnc3Cl)C2C(=O)N1c1ccccc1. The second-order valence-electron chi connectivity index (χ2n) is 5.31. The smallest absolute Gasteiger partial charge is 0.242 e. The Hall–Kier alpha value is -2.20. The van der Waals surface area contributed by atoms with Gasteiger partial charge in [0.05, 0.1) is 17.5 Å². The Kier molecular flexibility index (Phi) is 2.62. The van der Waals surface area contributed by atoms with Crippen LogP contribution in [0, 0.1) is 5.92 Å². The highest BCUT2D eigenvalue weighted by atomic mass is 35.5. The summed E-state index contributed by atoms with van der Waals surface area (Å²) in [5.74, 6) is -1.09. The Morgan fingerprint density at radius 1 is 1.10 bits per heavy atom. The summed E-state index contributed by atoms with van der Waals surface area (Å²) in [7, 11) is 0. The molecule has 2 unspecified atom stereocenters. The molecule has 0 bridgehead atoms. The van der Waals surface area contributed by atoms with E-state index in [1.54, 1.807) is 24.4 Å². The van der Waals surface area contributed by atoms with Crippen LogP contribution in [0.15, 0.2) is 42.6 Å². The van der Waals surface area contributed by atoms with Crippen LogP contribution < -0.4 is 4.90 Å². The molecule has 1 saturated heterocycles. The highest BCUT2D eigenvalue weighted by Gasteiger charge is 2.53. The number of amides is 2. The van der Waals surface area contributed by atoms with Gasteiger partial charge in [-0.1, -0.05) is 29.8 Å². The van der Waals surface area contributed by atoms with E-state index in [1.807, 2.05) is 18.2 Å². The molecule has 104 valence electrons. The zero-order chi connectivity index (χ0) is 14.6. The molecule has 4 rings (SSSR count). The lowest BCUT2D eigenvalue weighted by Crippen LogP contribution is -2.31. The van der Waals surface area contributed by atoms with Gasteiger partial charge in [0, 0.05) is 6.20 Å². The number of anilines is 1. The van der Waals surface area contributed by atoms with Crippen LogP contribution in [-0.4, -0.2) is 16.8 Å². The number of hydrogen-bond donors (Lipinski definition) is 0. The Morgan fingerprint density at radius 3 is 2.62 bits per heavy atom. The van der Waals surface area contributed by atoms with E-state index in [0.717, 1.165) is 11.1 Å². The number of hydrogen-bond acceptors (Lipinski definition) is 3. The Bertz CT molecular complexity index is 760. The van der Waals surface area contributed by atoms with Gasteiger partial charge in [0.2, 0.25) is 11.8 Å². The first-order valence-corrected chi connectivity index (χ1v) is 7.12. The van der Waals surface area contributed by atoms with Crippen molar-refractivity contribution in [1.29, 1.82) is 0 Å². The molecule has 1 aromatic heterocycles. The molecule has 4 nitrogen and oxygen atoms in total. The van der Waals surface area contributed by atoms with Crippen LogP contribution >= 0.6 is 11.6 Å². The van der Waals surface area contributed by atoms with Crippen LogP contribution in [0.1, 0.15) is 17.0 Å². The summed E-state index contributed by atoms with van der Waals surface area (Å²) in [6.45, 7) is 0. The van der Waals surface area contributed by atoms with E-state index in [0.29, 0.717) is 17.3 Å². The van der Waals surface area contributed by atoms with Crippen molar-refractivity contribution in [3.8, 4) is 0 Å². The number of carbonyl (C=O) groups is 2. The second kappa shape index (κ2) is 4.40. The van der Waals surface area contributed by atoms with Gasteiger partial charge < -0.3 is 0 Å². The fourth-order valence-electron chi connectivity index (χ4n) is 3.31. The molecular weight excluding hydrogens is 288 g/mol. The minimum Gasteiger partial charge on any atom is -0.274 e. The number of pyridine rings is 1. The fraction of sp³-hybridized carbons (Fsp3) is 0.188. The summed E-state index contributed by atoms with van der Waals surface area (Å²) in [4.78, 5) is 30.7. The van der Waals surface area contributed by atoms with Gasteiger partial charge in [0.15, 0.2) is 0 Å². The van der Waals surface area contributed by atoms with Gasteiger partial charge in [-0.2, -0.15) is 0 Å². The molecule has 2 aromatic rings. The monoisotopic (exact) mass is 298 g/mol. The molecule has 21 heavy (non-hydrogen) atoms. The Morgan fingerprint density at radius 2 is 1.86 bits per heavy atom. The van der Waals surface area contributed by atoms with E-state index in [-0.39, 0.29) is 17.7 Å². The summed E-state index contributed by atoms with van der Waals surface area (Å²) in [5, 5.41) is 0.397. The lowest BCUT2D eigenvalue weighted by Gasteiger charge is -2.16. The molecule has 0 radical (unpaired) electrons. The van der Waals surface area contributed by atoms with Gasteiger partial charge in [0.25, 0.3) is 0 Å². The highest BCUT2D eigenvalue weighted by Crippen LogP contribution is 2.47. The maximum atomic E-state index is 12.7. The first-order chi connectivity index (χ1) is 10.2. The summed E-state index contributed by atoms with van der Waals surface area (Å²) in [5.41, 5.74) is 2.31. The number of imide groups is 1. The summed E-state index contributed by atoms with van der Waals surface area (Å²) in [6, 6.07) is 10.8. The zero-order valence-corrected chi connectivity index (χ0v) is 11.7. The zero-order valence-electron chi connectivity index (χ0n) is 11.0. The Balaban J connectivity index is 1.81. The molecule has 1 aromatic carbocycles. The topological polar surface area (TPSA) is 50.3 Å². The number of rotatable bonds is 1. The van der Waals surface area contributed by atoms with Crippen LogP contribution in [0.2, 0.25) is 5.15 Å². The van der Waals surface area contributed by atoms with Crippen molar-refractivity contribution in [2.24, 2.45) is 5.92 Å². The van der Waals surface area contributed by atoms with E-state index >= 15 is 0 Å². The maximum Gasteiger partial charge on any atom is 0.242 e. The highest BCUT2D eigenvalue weighted by molar-refractivity contribution is 6.31. The third-order valence-electron chi connectivity index (χ3n) is 4.24. The van der Waals surface area contributed by atoms with E-state index in [4.69, 9.17) is 11.6 Å². The molecule has 1 aliphatic carbocycles. The van der Waals surface area contributed by atoms with Gasteiger partial charge >= 0.3 is 0 Å². The van der Waals surface area contributed by atoms with E-state index in [2.05, 4.69) is 4.98 Å². The first-order valence-electron chi connectivity index (χ1n) is 6.74. The summed E-state index contributed by atoms with van der Waals surface area (Å²) >= 11 is 6.08. The molecule has 0 spiro atoms. The summed E-state index contributed by atoms with van der Waals surface area (Å²) < 4.78 is 0. The molecule has 2 amide bonds. The van der Waals surface area contributed by atoms with Crippen LogP contribution in [0.3, 0.4) is 0 Å². The second-order valence-corrected chi connectivity index (χ2v) is 5.66. The number of benzene rings is 1. The van der Waals surface area contributed by atoms with Crippen LogP contribution in [0.4, 0.5) is 5.69 Å². The molecule has 2 atom stereocenters. The lowest BCUT2D eigenvalue weighted by molar-refractivity contribution is -0.122. The number of nitrogens with zero attached hydrogens (tertiary/aromatic N) is 2. The lowest BCUT2D eigenvalue weighted by atomic mass is 9.96. The van der Waals surface area contributed by atoms with Crippen molar-refractivity contribution in [3.05, 3.63) is 58.9 Å². The quantitative estimate of drug-likeness (QED) is 0.600. The number of halogens is 1. The predicted octanol–water partition coefficient (Wildman–Crippen LogP) is 2.56. The van der Waals surface area contributed by atoms with Gasteiger partial charge in [-0.25, -0.2) is 9.88 Å². The predicted molar refractivity (Wildman–Crippen MR) is 78.1 cm³/mol. The molecular formula is C16H11ClN2O2. The summed E-state index contributed by atoms with van der Waals surface area (Å²) in [6.07, 6.45) is 2.08. The van der Waals surface area contributed by atoms with Crippen LogP contribution in [0.5, 0.6) is 0 Å². The average molecular weight is 299 g/mol. The average Bonchev–Trinajstić information content (AvgIpc) is 2.99. The van der Waals surface area contributed by atoms with E-state index in [1.165, 1.54) is 4.90 Å². The minimum absolute atomic E-state index is 0.150. The fourth-order valence-corrected chi connectivity index (χ4v) is 3.55. The molecule has 1 fully saturated rings. The molecule has 0 saturated carbocycles. The minimum atomic E-state index is -0.423. The van der Waals surface area contributed by atoms with Crippen LogP contribution in [0.25, 0.3) is 0 Å². The van der Waals surface area contributed by atoms with Crippen molar-refractivity contribution in [3.63, 3.8) is 0 Å². The van der Waals surface area contributed by atoms with Crippen molar-refractivity contribution < 1.29 is 9.59 Å². The molecule has 2 aliphatic rings. The molecule has 1 aliphatic heterocycles. The van der Waals surface area contributed by atoms with Crippen molar-refractivity contribution >= 4 is 29.1 Å². The Labute approximate surface area is 126 Å². The third-order valence-corrected chi connectivity index (χ3v) is 4.57. The van der Waals surface area contributed by atoms with Gasteiger partial charge in [-0.3, -0.25) is 9.59 Å². The normalized spacial score (nSPS) is 23.4. The maximum absolute atomic E-state index is 12.7. The number of aromatic nitrogens is 1. The van der Waals surface area contributed by atoms with E-state index < -0.39 is 5.92 Å². The third kappa shape index (κ3) is 1.66. The van der Waals surface area contributed by atoms with Crippen molar-refractivity contribution in [1.82, 2.24) is 4.98 Å². The van der Waals surface area contributed by atoms with Crippen molar-refractivity contribution in [2.45, 2.75) is 12.3 Å². The standard InChI is InChI=1S/C16H11ClN2O2/c17-14-11-8-12-13(10(11)6-7-18-14)16(21)19(15(12)20)9-4-2-1-3-5-9/h1-7,12-13H,8H2. The molecule has 2 heterocycles. The first kappa shape index (κ1) is 12.5. The van der Waals surface area contributed by atoms with Gasteiger partial charge in [0.1, 0.15) is 5.15 Å². The van der Waals surface area contributed by atoms with Crippen molar-refractivity contribution in [2.75, 3.05) is 4.90 Å². The largest absolute Gasteiger partial charge is 0.274 e. The number of fused-ring (bicyclic) bond motifs is 3. The van der Waals surface area contributed by atoms with Gasteiger partial charge in [-0.05, 0) is 35.7 Å². The van der Waals surface area contributed by atoms with Crippen LogP contribution in [-0.2, 0) is 16.0 Å². The number of carbonyl (C=O) groups excluding carboxylic acids is 2. The van der Waals surface area contributed by atoms with E-state index in [9.17, 15) is 9.59 Å².